The van der Waals surface area contributed by atoms with Crippen LogP contribution < -0.4 is 21.1 Å². The van der Waals surface area contributed by atoms with Gasteiger partial charge in [0.2, 0.25) is 5.88 Å². The molecule has 5 N–H and O–H groups in total. The van der Waals surface area contributed by atoms with E-state index < -0.39 is 18.0 Å². The van der Waals surface area contributed by atoms with Gasteiger partial charge in [-0.15, -0.1) is 10.8 Å². The highest BCUT2D eigenvalue weighted by atomic mass is 19.4. The van der Waals surface area contributed by atoms with Crippen LogP contribution in [0.3, 0.4) is 0 Å². The number of rotatable bonds is 10. The molecule has 268 valence electrons. The highest BCUT2D eigenvalue weighted by molar-refractivity contribution is 6.09. The van der Waals surface area contributed by atoms with E-state index in [-0.39, 0.29) is 24.4 Å². The number of amides is 1. The fourth-order valence-corrected chi connectivity index (χ4v) is 6.78. The normalized spacial score (nSPS) is 22.9. The van der Waals surface area contributed by atoms with Crippen LogP contribution in [-0.4, -0.2) is 90.7 Å². The number of amidine groups is 1. The van der Waals surface area contributed by atoms with Crippen LogP contribution in [0.2, 0.25) is 0 Å². The molecule has 2 fully saturated rings. The summed E-state index contributed by atoms with van der Waals surface area (Å²) in [5, 5.41) is 13.7. The molecule has 1 amide bonds. The molecule has 3 aliphatic carbocycles. The highest BCUT2D eigenvalue weighted by Gasteiger charge is 2.45. The number of alkyl halides is 3. The maximum Gasteiger partial charge on any atom is 0.432 e. The number of hydrogen-bond acceptors (Lipinski definition) is 10. The van der Waals surface area contributed by atoms with Gasteiger partial charge in [0.1, 0.15) is 29.1 Å². The summed E-state index contributed by atoms with van der Waals surface area (Å²) >= 11 is 0. The molecule has 7 rings (SSSR count). The average Bonchev–Trinajstić information content (AvgIpc) is 3.79. The monoisotopic (exact) mass is 703 g/mol. The van der Waals surface area contributed by atoms with Gasteiger partial charge in [0.25, 0.3) is 5.91 Å². The molecule has 0 radical (unpaired) electrons. The number of aromatic amines is 1. The Morgan fingerprint density at radius 3 is 2.69 bits per heavy atom. The summed E-state index contributed by atoms with van der Waals surface area (Å²) in [4.78, 5) is 27.0. The molecule has 12 nitrogen and oxygen atoms in total. The van der Waals surface area contributed by atoms with Crippen molar-refractivity contribution in [1.29, 1.82) is 0 Å². The molecular formula is C36H40F3N9O3. The molecule has 0 aromatic carbocycles. The van der Waals surface area contributed by atoms with Gasteiger partial charge < -0.3 is 30.7 Å². The third-order valence-corrected chi connectivity index (χ3v) is 9.84. The number of nitrogens with one attached hydrogen (secondary N) is 3. The van der Waals surface area contributed by atoms with Gasteiger partial charge in [-0.3, -0.25) is 24.8 Å². The molecule has 3 aliphatic heterocycles. The van der Waals surface area contributed by atoms with Crippen LogP contribution in [0.4, 0.5) is 13.2 Å². The maximum atomic E-state index is 14.6. The Kier molecular flexibility index (Phi) is 9.15. The van der Waals surface area contributed by atoms with Crippen LogP contribution in [0.5, 0.6) is 5.88 Å². The molecule has 1 aromatic heterocycles. The Morgan fingerprint density at radius 1 is 1.22 bits per heavy atom. The molecule has 0 spiro atoms. The molecular weight excluding hydrogens is 663 g/mol. The van der Waals surface area contributed by atoms with Gasteiger partial charge in [-0.2, -0.15) is 13.2 Å². The maximum absolute atomic E-state index is 14.6. The number of aliphatic imine (C=N–C) groups is 2. The summed E-state index contributed by atoms with van der Waals surface area (Å²) in [5.41, 5.74) is 13.1. The van der Waals surface area contributed by atoms with E-state index in [1.807, 2.05) is 0 Å². The Bertz CT molecular complexity index is 1930. The molecule has 51 heavy (non-hydrogen) atoms. The van der Waals surface area contributed by atoms with Crippen LogP contribution in [0.15, 0.2) is 97.6 Å². The fourth-order valence-electron chi connectivity index (χ4n) is 6.78. The Hall–Kier alpha value is -5.43. The van der Waals surface area contributed by atoms with Crippen molar-refractivity contribution in [3.8, 4) is 5.88 Å². The number of allylic oxidation sites excluding steroid dienone is 3. The number of H-pyrrole nitrogens is 1. The van der Waals surface area contributed by atoms with E-state index in [1.54, 1.807) is 54.3 Å². The number of nitrogens with zero attached hydrogens (tertiary/aromatic N) is 5. The first-order valence-electron chi connectivity index (χ1n) is 16.9. The van der Waals surface area contributed by atoms with Crippen LogP contribution in [0, 0.1) is 0 Å². The minimum Gasteiger partial charge on any atom is -0.482 e. The number of nitrogens with two attached hydrogens (primary N) is 1. The van der Waals surface area contributed by atoms with E-state index in [1.165, 1.54) is 19.5 Å². The standard InChI is InChI=1S/C36H40F3N9O3/c1-41-17-26(30(40)50-2)25-15-12-23-16-42-31(28-29(21-7-5-8-21)45-46-34(28)51-3)44-33(23)48(35(25)49)18-20-6-4-9-22(11-10-20)32-43-27(36(37,38)39)19-47(32)24-13-14-24/h4,9-11,15,17,19,21,24,32,43H,5,7-8,12-14,16,18,40H2,1-3H3,(H,42,44)(H,45,46)/b30-26-,41-17?. The van der Waals surface area contributed by atoms with Crippen LogP contribution in [0.1, 0.15) is 55.7 Å². The van der Waals surface area contributed by atoms with Gasteiger partial charge in [0.05, 0.1) is 44.1 Å². The Morgan fingerprint density at radius 2 is 2.02 bits per heavy atom. The zero-order chi connectivity index (χ0) is 35.9. The molecule has 4 heterocycles. The lowest BCUT2D eigenvalue weighted by Gasteiger charge is -2.31. The average molecular weight is 704 g/mol. The zero-order valence-electron chi connectivity index (χ0n) is 28.6. The molecule has 6 aliphatic rings. The minimum atomic E-state index is -4.49. The first-order chi connectivity index (χ1) is 24.6. The van der Waals surface area contributed by atoms with Crippen molar-refractivity contribution in [3.05, 3.63) is 98.8 Å². The third kappa shape index (κ3) is 6.61. The zero-order valence-corrected chi connectivity index (χ0v) is 28.6. The molecule has 0 bridgehead atoms. The fraction of sp³-hybridized carbons (Fsp3) is 0.417. The van der Waals surface area contributed by atoms with Crippen LogP contribution in [-0.2, 0) is 9.53 Å². The number of aromatic nitrogens is 2. The van der Waals surface area contributed by atoms with E-state index in [0.29, 0.717) is 58.7 Å². The second-order valence-corrected chi connectivity index (χ2v) is 13.1. The lowest BCUT2D eigenvalue weighted by Crippen LogP contribution is -2.43. The van der Waals surface area contributed by atoms with Crippen molar-refractivity contribution in [2.75, 3.05) is 34.4 Å². The quantitative estimate of drug-likeness (QED) is 0.161. The van der Waals surface area contributed by atoms with Gasteiger partial charge in [0, 0.05) is 37.0 Å². The predicted molar refractivity (Wildman–Crippen MR) is 185 cm³/mol. The first-order valence-corrected chi connectivity index (χ1v) is 16.9. The van der Waals surface area contributed by atoms with E-state index in [2.05, 4.69) is 31.6 Å². The number of carbonyl (C=O) groups is 1. The van der Waals surface area contributed by atoms with E-state index in [4.69, 9.17) is 20.2 Å². The summed E-state index contributed by atoms with van der Waals surface area (Å²) in [6.45, 7) is 0.376. The SMILES string of the molecule is CN=C/C(C1=CCC2=C(NC(c3c(OC)n[nH]c3C3CCC3)=NC2)N(CC2=C=CC=C(C3NC(C(F)(F)F)=CN3C3CC3)C=C2)C1=O)=C(\N)OC. The summed E-state index contributed by atoms with van der Waals surface area (Å²) in [5.74, 6) is 1.48. The number of halogens is 3. The number of hydrogen-bond donors (Lipinski definition) is 4. The van der Waals surface area contributed by atoms with Crippen molar-refractivity contribution >= 4 is 18.0 Å². The van der Waals surface area contributed by atoms with Crippen molar-refractivity contribution in [3.63, 3.8) is 0 Å². The molecule has 1 atom stereocenters. The Labute approximate surface area is 293 Å². The number of methoxy groups -OCH3 is 2. The topological polar surface area (TPSA) is 145 Å². The van der Waals surface area contributed by atoms with E-state index in [0.717, 1.165) is 48.9 Å². The van der Waals surface area contributed by atoms with E-state index >= 15 is 0 Å². The van der Waals surface area contributed by atoms with Crippen molar-refractivity contribution in [2.45, 2.75) is 62.8 Å². The summed E-state index contributed by atoms with van der Waals surface area (Å²) < 4.78 is 52.1. The minimum absolute atomic E-state index is 0.0385. The van der Waals surface area contributed by atoms with E-state index in [9.17, 15) is 18.0 Å². The van der Waals surface area contributed by atoms with Crippen LogP contribution >= 0.6 is 0 Å². The first kappa shape index (κ1) is 34.0. The van der Waals surface area contributed by atoms with Gasteiger partial charge in [-0.25, -0.2) is 0 Å². The largest absolute Gasteiger partial charge is 0.482 e. The number of ether oxygens (including phenoxy) is 2. The second kappa shape index (κ2) is 13.7. The Balaban J connectivity index is 1.20. The summed E-state index contributed by atoms with van der Waals surface area (Å²) in [6, 6.07) is 0.0435. The van der Waals surface area contributed by atoms with Crippen molar-refractivity contribution < 1.29 is 27.4 Å². The predicted octanol–water partition coefficient (Wildman–Crippen LogP) is 4.30. The third-order valence-electron chi connectivity index (χ3n) is 9.84. The number of carbonyl (C=O) groups excluding carboxylic acids is 1. The van der Waals surface area contributed by atoms with Gasteiger partial charge >= 0.3 is 6.18 Å². The van der Waals surface area contributed by atoms with Gasteiger partial charge in [-0.1, -0.05) is 18.6 Å². The summed E-state index contributed by atoms with van der Waals surface area (Å²) in [7, 11) is 4.57. The summed E-state index contributed by atoms with van der Waals surface area (Å²) in [6.07, 6.45) is 11.5. The van der Waals surface area contributed by atoms with Crippen molar-refractivity contribution in [2.24, 2.45) is 15.7 Å². The van der Waals surface area contributed by atoms with Crippen LogP contribution in [0.25, 0.3) is 0 Å². The second-order valence-electron chi connectivity index (χ2n) is 13.1. The van der Waals surface area contributed by atoms with Gasteiger partial charge in [0.15, 0.2) is 5.88 Å². The highest BCUT2D eigenvalue weighted by Crippen LogP contribution is 2.41. The molecule has 1 unspecified atom stereocenters. The molecule has 1 aromatic rings. The lowest BCUT2D eigenvalue weighted by molar-refractivity contribution is -0.124. The van der Waals surface area contributed by atoms with Crippen molar-refractivity contribution in [1.82, 2.24) is 30.6 Å². The molecule has 2 saturated carbocycles. The smallest absolute Gasteiger partial charge is 0.432 e. The molecule has 0 saturated heterocycles. The van der Waals surface area contributed by atoms with Gasteiger partial charge in [-0.05, 0) is 61.5 Å². The lowest BCUT2D eigenvalue weighted by atomic mass is 9.81. The molecule has 15 heteroatoms.